The number of hydrogen-bond acceptors (Lipinski definition) is 3. The van der Waals surface area contributed by atoms with Crippen molar-refractivity contribution in [1.82, 2.24) is 10.6 Å². The summed E-state index contributed by atoms with van der Waals surface area (Å²) in [5.74, 6) is -0.491. The molecule has 1 fully saturated rings. The van der Waals surface area contributed by atoms with Crippen molar-refractivity contribution in [2.45, 2.75) is 33.1 Å². The molecular formula is C13H24N2O4. The van der Waals surface area contributed by atoms with Gasteiger partial charge in [-0.25, -0.2) is 4.79 Å². The molecule has 0 radical (unpaired) electrons. The average Bonchev–Trinajstić information content (AvgIpc) is 2.91. The van der Waals surface area contributed by atoms with Gasteiger partial charge in [-0.3, -0.25) is 4.79 Å². The van der Waals surface area contributed by atoms with Gasteiger partial charge in [-0.15, -0.1) is 0 Å². The largest absolute Gasteiger partial charge is 0.481 e. The maximum Gasteiger partial charge on any atom is 0.314 e. The Bertz CT molecular complexity index is 310. The average molecular weight is 272 g/mol. The van der Waals surface area contributed by atoms with E-state index in [4.69, 9.17) is 4.74 Å². The number of hydrogen-bond donors (Lipinski definition) is 3. The predicted octanol–water partition coefficient (Wildman–Crippen LogP) is 1.21. The van der Waals surface area contributed by atoms with Crippen molar-refractivity contribution in [3.8, 4) is 0 Å². The molecule has 3 N–H and O–H groups in total. The topological polar surface area (TPSA) is 87.7 Å². The van der Waals surface area contributed by atoms with Gasteiger partial charge in [0.1, 0.15) is 0 Å². The van der Waals surface area contributed by atoms with Crippen molar-refractivity contribution >= 4 is 12.0 Å². The first kappa shape index (κ1) is 15.8. The normalized spacial score (nSPS) is 19.2. The minimum absolute atomic E-state index is 0.155. The summed E-state index contributed by atoms with van der Waals surface area (Å²) in [6.45, 7) is 5.82. The van der Waals surface area contributed by atoms with E-state index >= 15 is 0 Å². The first-order valence-electron chi connectivity index (χ1n) is 6.87. The Balaban J connectivity index is 2.32. The summed E-state index contributed by atoms with van der Waals surface area (Å²) in [5, 5.41) is 14.7. The Morgan fingerprint density at radius 1 is 1.32 bits per heavy atom. The van der Waals surface area contributed by atoms with Gasteiger partial charge in [-0.1, -0.05) is 13.8 Å². The number of nitrogens with one attached hydrogen (secondary N) is 2. The molecule has 1 atom stereocenters. The lowest BCUT2D eigenvalue weighted by atomic mass is 9.82. The Morgan fingerprint density at radius 3 is 2.47 bits per heavy atom. The standard InChI is InChI=1S/C13H24N2O4/c1-3-13(4-2,11(16)17)9-15-12(18)14-7-10-5-6-19-8-10/h10H,3-9H2,1-2H3,(H,16,17)(H2,14,15,18). The van der Waals surface area contributed by atoms with Crippen LogP contribution in [0, 0.1) is 11.3 Å². The molecule has 1 aliphatic heterocycles. The van der Waals surface area contributed by atoms with Crippen LogP contribution in [0.15, 0.2) is 0 Å². The van der Waals surface area contributed by atoms with Crippen LogP contribution in [0.25, 0.3) is 0 Å². The van der Waals surface area contributed by atoms with Gasteiger partial charge in [0.2, 0.25) is 0 Å². The summed E-state index contributed by atoms with van der Waals surface area (Å²) in [4.78, 5) is 22.9. The van der Waals surface area contributed by atoms with Crippen molar-refractivity contribution in [2.24, 2.45) is 11.3 Å². The zero-order valence-corrected chi connectivity index (χ0v) is 11.7. The minimum Gasteiger partial charge on any atom is -0.481 e. The summed E-state index contributed by atoms with van der Waals surface area (Å²) >= 11 is 0. The van der Waals surface area contributed by atoms with E-state index in [2.05, 4.69) is 10.6 Å². The molecule has 2 amide bonds. The second kappa shape index (κ2) is 7.33. The lowest BCUT2D eigenvalue weighted by molar-refractivity contribution is -0.149. The van der Waals surface area contributed by atoms with E-state index in [1.807, 2.05) is 13.8 Å². The first-order chi connectivity index (χ1) is 9.04. The monoisotopic (exact) mass is 272 g/mol. The third-order valence-electron chi connectivity index (χ3n) is 3.97. The second-order valence-electron chi connectivity index (χ2n) is 5.09. The molecule has 0 spiro atoms. The number of ether oxygens (including phenoxy) is 1. The molecule has 1 rings (SSSR count). The molecule has 0 aromatic carbocycles. The Morgan fingerprint density at radius 2 is 2.00 bits per heavy atom. The van der Waals surface area contributed by atoms with Gasteiger partial charge in [-0.2, -0.15) is 0 Å². The van der Waals surface area contributed by atoms with Gasteiger partial charge in [-0.05, 0) is 19.3 Å². The minimum atomic E-state index is -0.867. The highest BCUT2D eigenvalue weighted by Gasteiger charge is 2.35. The summed E-state index contributed by atoms with van der Waals surface area (Å²) < 4.78 is 5.22. The second-order valence-corrected chi connectivity index (χ2v) is 5.09. The summed E-state index contributed by atoms with van der Waals surface area (Å²) in [6, 6.07) is -0.306. The summed E-state index contributed by atoms with van der Waals surface area (Å²) in [7, 11) is 0. The number of amides is 2. The SMILES string of the molecule is CCC(CC)(CNC(=O)NCC1CCOC1)C(=O)O. The van der Waals surface area contributed by atoms with Gasteiger partial charge in [0.25, 0.3) is 0 Å². The molecule has 0 saturated carbocycles. The van der Waals surface area contributed by atoms with Gasteiger partial charge < -0.3 is 20.5 Å². The number of rotatable bonds is 7. The molecule has 0 aromatic heterocycles. The number of carboxylic acids is 1. The third-order valence-corrected chi connectivity index (χ3v) is 3.97. The summed E-state index contributed by atoms with van der Waals surface area (Å²) in [6.07, 6.45) is 1.95. The third kappa shape index (κ3) is 4.38. The highest BCUT2D eigenvalue weighted by Crippen LogP contribution is 2.25. The smallest absolute Gasteiger partial charge is 0.314 e. The van der Waals surface area contributed by atoms with E-state index in [9.17, 15) is 14.7 Å². The zero-order chi connectivity index (χ0) is 14.3. The predicted molar refractivity (Wildman–Crippen MR) is 71.0 cm³/mol. The van der Waals surface area contributed by atoms with Crippen molar-refractivity contribution in [2.75, 3.05) is 26.3 Å². The van der Waals surface area contributed by atoms with Gasteiger partial charge in [0, 0.05) is 25.6 Å². The maximum absolute atomic E-state index is 11.6. The van der Waals surface area contributed by atoms with Crippen LogP contribution in [-0.2, 0) is 9.53 Å². The molecule has 0 aromatic rings. The van der Waals surface area contributed by atoms with E-state index in [0.29, 0.717) is 31.9 Å². The van der Waals surface area contributed by atoms with E-state index in [1.54, 1.807) is 0 Å². The van der Waals surface area contributed by atoms with Crippen LogP contribution < -0.4 is 10.6 Å². The molecule has 1 aliphatic rings. The molecule has 110 valence electrons. The van der Waals surface area contributed by atoms with Crippen LogP contribution in [-0.4, -0.2) is 43.4 Å². The van der Waals surface area contributed by atoms with E-state index < -0.39 is 11.4 Å². The molecular weight excluding hydrogens is 248 g/mol. The Kier molecular flexibility index (Phi) is 6.08. The van der Waals surface area contributed by atoms with Crippen LogP contribution in [0.2, 0.25) is 0 Å². The molecule has 6 nitrogen and oxygen atoms in total. The zero-order valence-electron chi connectivity index (χ0n) is 11.7. The van der Waals surface area contributed by atoms with Crippen LogP contribution in [0.5, 0.6) is 0 Å². The fourth-order valence-electron chi connectivity index (χ4n) is 2.17. The van der Waals surface area contributed by atoms with Crippen LogP contribution >= 0.6 is 0 Å². The summed E-state index contributed by atoms with van der Waals surface area (Å²) in [5.41, 5.74) is -0.867. The van der Waals surface area contributed by atoms with Crippen molar-refractivity contribution in [3.63, 3.8) is 0 Å². The van der Waals surface area contributed by atoms with Crippen molar-refractivity contribution in [1.29, 1.82) is 0 Å². The number of urea groups is 1. The van der Waals surface area contributed by atoms with E-state index in [1.165, 1.54) is 0 Å². The van der Waals surface area contributed by atoms with E-state index in [0.717, 1.165) is 13.0 Å². The van der Waals surface area contributed by atoms with Crippen LogP contribution in [0.4, 0.5) is 4.79 Å². The van der Waals surface area contributed by atoms with Crippen LogP contribution in [0.3, 0.4) is 0 Å². The Labute approximate surface area is 113 Å². The number of carbonyl (C=O) groups excluding carboxylic acids is 1. The molecule has 1 unspecified atom stereocenters. The molecule has 19 heavy (non-hydrogen) atoms. The van der Waals surface area contributed by atoms with Gasteiger partial charge >= 0.3 is 12.0 Å². The Hall–Kier alpha value is -1.30. The fourth-order valence-corrected chi connectivity index (χ4v) is 2.17. The fraction of sp³-hybridized carbons (Fsp3) is 0.846. The highest BCUT2D eigenvalue weighted by atomic mass is 16.5. The lowest BCUT2D eigenvalue weighted by Crippen LogP contribution is -2.46. The maximum atomic E-state index is 11.6. The van der Waals surface area contributed by atoms with Gasteiger partial charge in [0.15, 0.2) is 0 Å². The van der Waals surface area contributed by atoms with Crippen molar-refractivity contribution in [3.05, 3.63) is 0 Å². The molecule has 1 saturated heterocycles. The molecule has 6 heteroatoms. The molecule has 0 aliphatic carbocycles. The highest BCUT2D eigenvalue weighted by molar-refractivity contribution is 5.78. The van der Waals surface area contributed by atoms with Gasteiger partial charge in [0.05, 0.1) is 12.0 Å². The number of carbonyl (C=O) groups is 2. The number of aliphatic carboxylic acids is 1. The van der Waals surface area contributed by atoms with Crippen LogP contribution in [0.1, 0.15) is 33.1 Å². The quantitative estimate of drug-likeness (QED) is 0.650. The first-order valence-corrected chi connectivity index (χ1v) is 6.87. The van der Waals surface area contributed by atoms with Crippen molar-refractivity contribution < 1.29 is 19.4 Å². The molecule has 0 bridgehead atoms. The lowest BCUT2D eigenvalue weighted by Gasteiger charge is -2.26. The molecule has 1 heterocycles. The van der Waals surface area contributed by atoms with E-state index in [-0.39, 0.29) is 12.6 Å². The number of carboxylic acid groups (broad SMARTS) is 1.